The summed E-state index contributed by atoms with van der Waals surface area (Å²) in [6.07, 6.45) is 0. The summed E-state index contributed by atoms with van der Waals surface area (Å²) in [5, 5.41) is 0. The Kier molecular flexibility index (Phi) is 4.94. The molecule has 0 aliphatic heterocycles. The molecule has 0 spiro atoms. The van der Waals surface area contributed by atoms with Gasteiger partial charge >= 0.3 is 0 Å². The molecule has 0 amide bonds. The summed E-state index contributed by atoms with van der Waals surface area (Å²) in [6.45, 7) is 10.8. The lowest BCUT2D eigenvalue weighted by Gasteiger charge is -2.23. The van der Waals surface area contributed by atoms with E-state index in [4.69, 9.17) is 0 Å². The van der Waals surface area contributed by atoms with Crippen LogP contribution in [-0.4, -0.2) is 0 Å². The van der Waals surface area contributed by atoms with Gasteiger partial charge in [0.1, 0.15) is 5.82 Å². The minimum Gasteiger partial charge on any atom is -0.207 e. The van der Waals surface area contributed by atoms with Gasteiger partial charge < -0.3 is 0 Å². The first-order valence-electron chi connectivity index (χ1n) is 6.91. The molecule has 112 valence electrons. The van der Waals surface area contributed by atoms with Gasteiger partial charge in [0.25, 0.3) is 0 Å². The Labute approximate surface area is 143 Å². The molecule has 0 aliphatic carbocycles. The summed E-state index contributed by atoms with van der Waals surface area (Å²) in [5.74, 6) is -0.223. The van der Waals surface area contributed by atoms with Gasteiger partial charge in [-0.15, -0.1) is 0 Å². The number of alkyl halides is 1. The molecule has 0 heterocycles. The van der Waals surface area contributed by atoms with Gasteiger partial charge in [-0.1, -0.05) is 31.9 Å². The fourth-order valence-electron chi connectivity index (χ4n) is 2.80. The second kappa shape index (κ2) is 6.21. The molecule has 0 fully saturated rings. The predicted molar refractivity (Wildman–Crippen MR) is 95.0 cm³/mol. The van der Waals surface area contributed by atoms with E-state index in [1.807, 2.05) is 6.07 Å². The van der Waals surface area contributed by atoms with Crippen LogP contribution >= 0.6 is 31.9 Å². The van der Waals surface area contributed by atoms with Crippen molar-refractivity contribution in [3.8, 4) is 0 Å². The van der Waals surface area contributed by atoms with Gasteiger partial charge in [-0.2, -0.15) is 0 Å². The Hall–Kier alpha value is -0.670. The second-order valence-electron chi connectivity index (χ2n) is 5.60. The molecule has 0 saturated carbocycles. The first-order valence-corrected chi connectivity index (χ1v) is 8.61. The first kappa shape index (κ1) is 16.7. The van der Waals surface area contributed by atoms with Crippen LogP contribution in [0.25, 0.3) is 0 Å². The van der Waals surface area contributed by atoms with E-state index in [0.717, 1.165) is 10.0 Å². The average molecular weight is 414 g/mol. The molecule has 2 aromatic carbocycles. The number of hydrogen-bond donors (Lipinski definition) is 0. The van der Waals surface area contributed by atoms with Crippen LogP contribution in [-0.2, 0) is 0 Å². The fourth-order valence-corrected chi connectivity index (χ4v) is 4.23. The highest BCUT2D eigenvalue weighted by Crippen LogP contribution is 2.39. The normalized spacial score (nSPS) is 12.6. The monoisotopic (exact) mass is 412 g/mol. The number of hydrogen-bond acceptors (Lipinski definition) is 0. The maximum Gasteiger partial charge on any atom is 0.124 e. The molecular weight excluding hydrogens is 395 g/mol. The van der Waals surface area contributed by atoms with Crippen LogP contribution in [0.15, 0.2) is 22.7 Å². The van der Waals surface area contributed by atoms with E-state index in [1.165, 1.54) is 39.4 Å². The van der Waals surface area contributed by atoms with Crippen LogP contribution in [0.4, 0.5) is 4.39 Å². The van der Waals surface area contributed by atoms with Crippen LogP contribution < -0.4 is 0 Å². The molecule has 21 heavy (non-hydrogen) atoms. The van der Waals surface area contributed by atoms with Crippen molar-refractivity contribution in [2.45, 2.75) is 39.4 Å². The Morgan fingerprint density at radius 2 is 1.29 bits per heavy atom. The highest BCUT2D eigenvalue weighted by molar-refractivity contribution is 9.10. The van der Waals surface area contributed by atoms with E-state index >= 15 is 0 Å². The summed E-state index contributed by atoms with van der Waals surface area (Å²) in [5.41, 5.74) is 8.69. The van der Waals surface area contributed by atoms with Crippen molar-refractivity contribution in [1.82, 2.24) is 0 Å². The Bertz CT molecular complexity index is 656. The molecule has 3 heteroatoms. The molecule has 0 aromatic heterocycles. The smallest absolute Gasteiger partial charge is 0.124 e. The largest absolute Gasteiger partial charge is 0.207 e. The van der Waals surface area contributed by atoms with Crippen LogP contribution in [0.1, 0.15) is 43.8 Å². The SMILES string of the molecule is Cc1c(C)c(C)c(C(Br)c2cc(F)cc(Br)c2)c(C)c1C. The Balaban J connectivity index is 2.66. The molecule has 1 atom stereocenters. The summed E-state index contributed by atoms with van der Waals surface area (Å²) in [4.78, 5) is -0.0116. The van der Waals surface area contributed by atoms with Gasteiger partial charge in [-0.3, -0.25) is 0 Å². The lowest BCUT2D eigenvalue weighted by atomic mass is 9.87. The summed E-state index contributed by atoms with van der Waals surface area (Å²) in [7, 11) is 0. The molecular formula is C18H19Br2F. The molecule has 2 rings (SSSR count). The van der Waals surface area contributed by atoms with Gasteiger partial charge in [0, 0.05) is 4.47 Å². The molecule has 0 saturated heterocycles. The quantitative estimate of drug-likeness (QED) is 0.485. The summed E-state index contributed by atoms with van der Waals surface area (Å²) < 4.78 is 14.4. The minimum absolute atomic E-state index is 0.0116. The molecule has 0 radical (unpaired) electrons. The van der Waals surface area contributed by atoms with E-state index in [9.17, 15) is 4.39 Å². The third-order valence-corrected chi connectivity index (χ3v) is 5.93. The highest BCUT2D eigenvalue weighted by atomic mass is 79.9. The molecule has 1 unspecified atom stereocenters. The van der Waals surface area contributed by atoms with Crippen LogP contribution in [0.2, 0.25) is 0 Å². The van der Waals surface area contributed by atoms with Crippen molar-refractivity contribution < 1.29 is 4.39 Å². The van der Waals surface area contributed by atoms with Gasteiger partial charge in [-0.25, -0.2) is 4.39 Å². The minimum atomic E-state index is -0.223. The zero-order chi connectivity index (χ0) is 15.9. The van der Waals surface area contributed by atoms with Crippen molar-refractivity contribution in [2.24, 2.45) is 0 Å². The van der Waals surface area contributed by atoms with E-state index in [2.05, 4.69) is 66.5 Å². The topological polar surface area (TPSA) is 0 Å². The molecule has 0 bridgehead atoms. The predicted octanol–water partition coefficient (Wildman–Crippen LogP) is 6.61. The highest BCUT2D eigenvalue weighted by Gasteiger charge is 2.20. The third kappa shape index (κ3) is 3.09. The maximum atomic E-state index is 13.7. The van der Waals surface area contributed by atoms with Gasteiger partial charge in [-0.05, 0) is 91.8 Å². The van der Waals surface area contributed by atoms with E-state index in [1.54, 1.807) is 6.07 Å². The van der Waals surface area contributed by atoms with E-state index in [0.29, 0.717) is 0 Å². The number of rotatable bonds is 2. The van der Waals surface area contributed by atoms with E-state index in [-0.39, 0.29) is 10.6 Å². The van der Waals surface area contributed by atoms with E-state index < -0.39 is 0 Å². The lowest BCUT2D eigenvalue weighted by Crippen LogP contribution is -2.06. The average Bonchev–Trinajstić information content (AvgIpc) is 2.42. The fraction of sp³-hybridized carbons (Fsp3) is 0.333. The second-order valence-corrected chi connectivity index (χ2v) is 7.44. The standard InChI is InChI=1S/C18H19Br2F/c1-9-10(2)12(4)17(13(5)11(9)3)18(20)14-6-15(19)8-16(21)7-14/h6-8,18H,1-5H3. The van der Waals surface area contributed by atoms with Gasteiger partial charge in [0.15, 0.2) is 0 Å². The van der Waals surface area contributed by atoms with Crippen molar-refractivity contribution in [2.75, 3.05) is 0 Å². The Morgan fingerprint density at radius 1 is 0.810 bits per heavy atom. The van der Waals surface area contributed by atoms with Crippen molar-refractivity contribution in [1.29, 1.82) is 0 Å². The van der Waals surface area contributed by atoms with Gasteiger partial charge in [0.2, 0.25) is 0 Å². The lowest BCUT2D eigenvalue weighted by molar-refractivity contribution is 0.625. The number of halogens is 3. The zero-order valence-electron chi connectivity index (χ0n) is 12.9. The summed E-state index contributed by atoms with van der Waals surface area (Å²) in [6, 6.07) is 5.04. The molecule has 0 nitrogen and oxygen atoms in total. The molecule has 0 aliphatic rings. The van der Waals surface area contributed by atoms with Crippen LogP contribution in [0.5, 0.6) is 0 Å². The van der Waals surface area contributed by atoms with Crippen molar-refractivity contribution >= 4 is 31.9 Å². The van der Waals surface area contributed by atoms with Crippen molar-refractivity contribution in [3.63, 3.8) is 0 Å². The molecule has 2 aromatic rings. The maximum absolute atomic E-state index is 13.7. The van der Waals surface area contributed by atoms with Crippen LogP contribution in [0, 0.1) is 40.4 Å². The Morgan fingerprint density at radius 3 is 1.76 bits per heavy atom. The number of benzene rings is 2. The van der Waals surface area contributed by atoms with Gasteiger partial charge in [0.05, 0.1) is 4.83 Å². The van der Waals surface area contributed by atoms with Crippen molar-refractivity contribution in [3.05, 3.63) is 67.4 Å². The van der Waals surface area contributed by atoms with Crippen LogP contribution in [0.3, 0.4) is 0 Å². The molecule has 0 N–H and O–H groups in total. The summed E-state index contributed by atoms with van der Waals surface area (Å²) >= 11 is 7.14. The first-order chi connectivity index (χ1) is 9.73. The third-order valence-electron chi connectivity index (χ3n) is 4.49. The zero-order valence-corrected chi connectivity index (χ0v) is 16.1.